The van der Waals surface area contributed by atoms with E-state index in [0.717, 1.165) is 44.9 Å². The van der Waals surface area contributed by atoms with Gasteiger partial charge in [-0.1, -0.05) is 173 Å². The lowest BCUT2D eigenvalue weighted by atomic mass is 10.1. The van der Waals surface area contributed by atoms with Crippen molar-refractivity contribution < 1.29 is 37.6 Å². The van der Waals surface area contributed by atoms with Crippen molar-refractivity contribution in [1.82, 2.24) is 0 Å². The summed E-state index contributed by atoms with van der Waals surface area (Å²) >= 11 is 0. The molecule has 0 spiro atoms. The number of rotatable bonds is 43. The monoisotopic (exact) mass is 799 g/mol. The molecule has 0 radical (unpaired) electrons. The summed E-state index contributed by atoms with van der Waals surface area (Å²) in [5, 5.41) is 0. The lowest BCUT2D eigenvalue weighted by Gasteiger charge is -2.19. The van der Waals surface area contributed by atoms with Crippen molar-refractivity contribution >= 4 is 19.8 Å². The predicted molar refractivity (Wildman–Crippen MR) is 230 cm³/mol. The van der Waals surface area contributed by atoms with Crippen molar-refractivity contribution in [1.29, 1.82) is 0 Å². The van der Waals surface area contributed by atoms with Crippen LogP contribution >= 0.6 is 7.82 Å². The van der Waals surface area contributed by atoms with Crippen molar-refractivity contribution in [3.8, 4) is 0 Å². The van der Waals surface area contributed by atoms with Crippen LogP contribution in [0.2, 0.25) is 0 Å². The minimum absolute atomic E-state index is 0.000322. The highest BCUT2D eigenvalue weighted by Crippen LogP contribution is 2.43. The smallest absolute Gasteiger partial charge is 0.462 e. The van der Waals surface area contributed by atoms with Gasteiger partial charge < -0.3 is 14.4 Å². The third kappa shape index (κ3) is 42.0. The zero-order valence-electron chi connectivity index (χ0n) is 36.1. The average Bonchev–Trinajstić information content (AvgIpc) is 3.16. The topological polar surface area (TPSA) is 108 Å². The van der Waals surface area contributed by atoms with Crippen LogP contribution < -0.4 is 0 Å². The van der Waals surface area contributed by atoms with Crippen LogP contribution in [0.4, 0.5) is 0 Å². The van der Waals surface area contributed by atoms with Gasteiger partial charge in [-0.05, 0) is 71.1 Å². The Morgan fingerprint density at radius 2 is 0.818 bits per heavy atom. The Hall–Kier alpha value is -1.47. The van der Waals surface area contributed by atoms with Gasteiger partial charge in [0.1, 0.15) is 6.61 Å². The Morgan fingerprint density at radius 3 is 1.20 bits per heavy atom. The molecule has 0 fully saturated rings. The van der Waals surface area contributed by atoms with Crippen LogP contribution in [0.3, 0.4) is 0 Å². The SMILES string of the molecule is CCCCCCCC/C=C\CCCCCCCCCC(=O)OCC(COP(=O)(O)OCC)OC(=O)CCCCCCCCC/C=C\CCCCCCCCC. The van der Waals surface area contributed by atoms with Crippen LogP contribution in [0.15, 0.2) is 24.3 Å². The van der Waals surface area contributed by atoms with Crippen LogP contribution in [0, 0.1) is 0 Å². The molecule has 8 nitrogen and oxygen atoms in total. The zero-order valence-corrected chi connectivity index (χ0v) is 37.0. The molecule has 0 rings (SSSR count). The number of ether oxygens (including phenoxy) is 2. The van der Waals surface area contributed by atoms with Crippen molar-refractivity contribution in [2.24, 2.45) is 0 Å². The molecule has 0 aliphatic carbocycles. The lowest BCUT2D eigenvalue weighted by molar-refractivity contribution is -0.161. The lowest BCUT2D eigenvalue weighted by Crippen LogP contribution is -2.29. The number of carbonyl (C=O) groups is 2. The van der Waals surface area contributed by atoms with Crippen molar-refractivity contribution in [3.05, 3.63) is 24.3 Å². The maximum Gasteiger partial charge on any atom is 0.472 e. The summed E-state index contributed by atoms with van der Waals surface area (Å²) in [6.07, 6.45) is 46.6. The fourth-order valence-electron chi connectivity index (χ4n) is 6.56. The Bertz CT molecular complexity index is 952. The first-order valence-electron chi connectivity index (χ1n) is 23.1. The van der Waals surface area contributed by atoms with E-state index in [4.69, 9.17) is 18.5 Å². The molecule has 324 valence electrons. The molecule has 0 aromatic rings. The van der Waals surface area contributed by atoms with Gasteiger partial charge in [0.15, 0.2) is 6.10 Å². The molecule has 0 saturated heterocycles. The van der Waals surface area contributed by atoms with E-state index in [0.29, 0.717) is 12.8 Å². The number of hydrogen-bond donors (Lipinski definition) is 1. The van der Waals surface area contributed by atoms with Gasteiger partial charge in [-0.2, -0.15) is 0 Å². The highest BCUT2D eigenvalue weighted by atomic mass is 31.2. The summed E-state index contributed by atoms with van der Waals surface area (Å²) in [6.45, 7) is 5.49. The summed E-state index contributed by atoms with van der Waals surface area (Å²) in [5.74, 6) is -0.799. The van der Waals surface area contributed by atoms with Crippen LogP contribution in [0.1, 0.15) is 233 Å². The number of hydrogen-bond acceptors (Lipinski definition) is 7. The quantitative estimate of drug-likeness (QED) is 0.0281. The Balaban J connectivity index is 4.04. The molecular weight excluding hydrogens is 711 g/mol. The van der Waals surface area contributed by atoms with Crippen molar-refractivity contribution in [3.63, 3.8) is 0 Å². The molecule has 0 bridgehead atoms. The fraction of sp³-hybridized carbons (Fsp3) is 0.870. The number of allylic oxidation sites excluding steroid dienone is 4. The third-order valence-corrected chi connectivity index (χ3v) is 11.0. The highest BCUT2D eigenvalue weighted by molar-refractivity contribution is 7.47. The van der Waals surface area contributed by atoms with Gasteiger partial charge in [0.2, 0.25) is 0 Å². The van der Waals surface area contributed by atoms with E-state index in [1.165, 1.54) is 148 Å². The summed E-state index contributed by atoms with van der Waals surface area (Å²) in [5.41, 5.74) is 0. The van der Waals surface area contributed by atoms with Gasteiger partial charge in [-0.25, -0.2) is 4.57 Å². The van der Waals surface area contributed by atoms with E-state index in [-0.39, 0.29) is 25.6 Å². The summed E-state index contributed by atoms with van der Waals surface area (Å²) in [4.78, 5) is 34.8. The molecule has 0 aliphatic rings. The van der Waals surface area contributed by atoms with E-state index in [1.807, 2.05) is 0 Å². The summed E-state index contributed by atoms with van der Waals surface area (Å²) in [6, 6.07) is 0. The predicted octanol–water partition coefficient (Wildman–Crippen LogP) is 14.6. The second-order valence-corrected chi connectivity index (χ2v) is 16.9. The van der Waals surface area contributed by atoms with E-state index in [1.54, 1.807) is 6.92 Å². The molecule has 0 aromatic carbocycles. The van der Waals surface area contributed by atoms with Crippen LogP contribution in [0.5, 0.6) is 0 Å². The second kappa shape index (κ2) is 42.1. The van der Waals surface area contributed by atoms with Gasteiger partial charge in [-0.15, -0.1) is 0 Å². The first kappa shape index (κ1) is 53.5. The minimum Gasteiger partial charge on any atom is -0.462 e. The molecule has 0 saturated carbocycles. The molecule has 0 aromatic heterocycles. The zero-order chi connectivity index (χ0) is 40.3. The molecule has 0 amide bonds. The van der Waals surface area contributed by atoms with Crippen LogP contribution in [0.25, 0.3) is 0 Å². The van der Waals surface area contributed by atoms with Crippen molar-refractivity contribution in [2.45, 2.75) is 239 Å². The summed E-state index contributed by atoms with van der Waals surface area (Å²) in [7, 11) is -4.28. The minimum atomic E-state index is -4.28. The standard InChI is InChI=1S/C46H87O8P/c1-4-7-9-11-13-15-17-19-21-23-25-27-29-31-33-35-37-39-41-46(48)54-44(43-53-55(49,50)52-6-3)42-51-45(47)40-38-36-34-32-30-28-26-24-22-20-18-16-14-12-10-8-5-2/h20-23,44H,4-19,24-43H2,1-3H3,(H,49,50)/b22-20-,23-21-. The molecule has 55 heavy (non-hydrogen) atoms. The Kier molecular flexibility index (Phi) is 41.0. The first-order chi connectivity index (χ1) is 26.8. The molecule has 0 heterocycles. The van der Waals surface area contributed by atoms with E-state index in [9.17, 15) is 19.0 Å². The number of unbranched alkanes of at least 4 members (excludes halogenated alkanes) is 27. The van der Waals surface area contributed by atoms with Crippen molar-refractivity contribution in [2.75, 3.05) is 19.8 Å². The largest absolute Gasteiger partial charge is 0.472 e. The Labute approximate surface area is 339 Å². The molecule has 0 aliphatic heterocycles. The average molecular weight is 799 g/mol. The third-order valence-electron chi connectivity index (χ3n) is 9.98. The van der Waals surface area contributed by atoms with Gasteiger partial charge in [-0.3, -0.25) is 18.6 Å². The Morgan fingerprint density at radius 1 is 0.473 bits per heavy atom. The maximum absolute atomic E-state index is 12.6. The molecule has 9 heteroatoms. The molecular formula is C46H87O8P. The molecule has 2 unspecified atom stereocenters. The van der Waals surface area contributed by atoms with Gasteiger partial charge in [0, 0.05) is 12.8 Å². The maximum atomic E-state index is 12.6. The normalized spacial score (nSPS) is 13.5. The highest BCUT2D eigenvalue weighted by Gasteiger charge is 2.25. The van der Waals surface area contributed by atoms with Gasteiger partial charge in [0.05, 0.1) is 13.2 Å². The van der Waals surface area contributed by atoms with E-state index < -0.39 is 26.5 Å². The van der Waals surface area contributed by atoms with Gasteiger partial charge in [0.25, 0.3) is 0 Å². The van der Waals surface area contributed by atoms with Crippen LogP contribution in [-0.2, 0) is 32.7 Å². The van der Waals surface area contributed by atoms with Crippen LogP contribution in [-0.4, -0.2) is 42.8 Å². The van der Waals surface area contributed by atoms with E-state index >= 15 is 0 Å². The first-order valence-corrected chi connectivity index (χ1v) is 24.6. The molecule has 2 atom stereocenters. The number of phosphoric ester groups is 1. The van der Waals surface area contributed by atoms with E-state index in [2.05, 4.69) is 38.2 Å². The summed E-state index contributed by atoms with van der Waals surface area (Å²) < 4.78 is 32.7. The second-order valence-electron chi connectivity index (χ2n) is 15.4. The number of phosphoric acid groups is 1. The van der Waals surface area contributed by atoms with Gasteiger partial charge >= 0.3 is 19.8 Å². The fourth-order valence-corrected chi connectivity index (χ4v) is 7.32. The number of esters is 2. The molecule has 1 N–H and O–H groups in total. The number of carbonyl (C=O) groups excluding carboxylic acids is 2.